The quantitative estimate of drug-likeness (QED) is 0.901. The fourth-order valence-electron chi connectivity index (χ4n) is 1.14. The first-order valence-electron chi connectivity index (χ1n) is 5.19. The maximum absolute atomic E-state index is 5.67. The van der Waals surface area contributed by atoms with Gasteiger partial charge >= 0.3 is 0 Å². The Bertz CT molecular complexity index is 482. The van der Waals surface area contributed by atoms with Gasteiger partial charge in [0.25, 0.3) is 0 Å². The van der Waals surface area contributed by atoms with Crippen LogP contribution in [0.15, 0.2) is 16.9 Å². The fraction of sp³-hybridized carbons (Fsp3) is 0.400. The molecule has 0 saturated heterocycles. The average molecular weight is 254 g/mol. The molecule has 0 radical (unpaired) electrons. The summed E-state index contributed by atoms with van der Waals surface area (Å²) in [6.07, 6.45) is 3.04. The number of nitrogens with zero attached hydrogens (tertiary/aromatic N) is 4. The second kappa shape index (κ2) is 5.09. The van der Waals surface area contributed by atoms with Crippen molar-refractivity contribution < 1.29 is 4.52 Å². The van der Waals surface area contributed by atoms with Gasteiger partial charge in [0, 0.05) is 5.92 Å². The van der Waals surface area contributed by atoms with Crippen molar-refractivity contribution in [3.8, 4) is 0 Å². The maximum atomic E-state index is 5.67. The third-order valence-corrected chi connectivity index (χ3v) is 2.20. The van der Waals surface area contributed by atoms with Crippen LogP contribution >= 0.6 is 11.6 Å². The predicted octanol–water partition coefficient (Wildman–Crippen LogP) is 2.25. The third kappa shape index (κ3) is 3.13. The molecule has 0 bridgehead atoms. The van der Waals surface area contributed by atoms with Gasteiger partial charge < -0.3 is 9.84 Å². The van der Waals surface area contributed by atoms with E-state index in [1.807, 2.05) is 13.8 Å². The number of hydrogen-bond donors (Lipinski definition) is 1. The van der Waals surface area contributed by atoms with Gasteiger partial charge in [0.05, 0.1) is 24.0 Å². The molecule has 0 aliphatic heterocycles. The van der Waals surface area contributed by atoms with Crippen LogP contribution < -0.4 is 5.32 Å². The molecular formula is C10H12ClN5O. The Morgan fingerprint density at radius 1 is 1.35 bits per heavy atom. The van der Waals surface area contributed by atoms with Crippen molar-refractivity contribution in [2.75, 3.05) is 5.32 Å². The lowest BCUT2D eigenvalue weighted by atomic mass is 10.2. The maximum Gasteiger partial charge on any atom is 0.229 e. The molecule has 6 nitrogen and oxygen atoms in total. The third-order valence-electron chi connectivity index (χ3n) is 2.00. The number of nitrogens with one attached hydrogen (secondary N) is 1. The molecular weight excluding hydrogens is 242 g/mol. The molecule has 0 unspecified atom stereocenters. The molecule has 0 aliphatic rings. The van der Waals surface area contributed by atoms with E-state index < -0.39 is 0 Å². The summed E-state index contributed by atoms with van der Waals surface area (Å²) in [7, 11) is 0. The van der Waals surface area contributed by atoms with Crippen molar-refractivity contribution in [2.45, 2.75) is 26.3 Å². The van der Waals surface area contributed by atoms with Crippen LogP contribution in [-0.2, 0) is 6.54 Å². The van der Waals surface area contributed by atoms with E-state index in [1.54, 1.807) is 0 Å². The highest BCUT2D eigenvalue weighted by molar-refractivity contribution is 6.30. The molecule has 90 valence electrons. The summed E-state index contributed by atoms with van der Waals surface area (Å²) in [5.74, 6) is 1.90. The van der Waals surface area contributed by atoms with Crippen LogP contribution in [0.5, 0.6) is 0 Å². The number of halogens is 1. The van der Waals surface area contributed by atoms with Gasteiger partial charge in [-0.05, 0) is 0 Å². The van der Waals surface area contributed by atoms with Gasteiger partial charge in [-0.15, -0.1) is 0 Å². The zero-order valence-corrected chi connectivity index (χ0v) is 10.3. The van der Waals surface area contributed by atoms with Gasteiger partial charge in [0.1, 0.15) is 0 Å². The SMILES string of the molecule is CC(C)c1nc(CNc2ncc(Cl)cn2)no1. The van der Waals surface area contributed by atoms with E-state index in [0.29, 0.717) is 29.2 Å². The molecule has 2 aromatic rings. The highest BCUT2D eigenvalue weighted by atomic mass is 35.5. The Morgan fingerprint density at radius 3 is 2.65 bits per heavy atom. The van der Waals surface area contributed by atoms with E-state index in [9.17, 15) is 0 Å². The van der Waals surface area contributed by atoms with E-state index in [1.165, 1.54) is 12.4 Å². The highest BCUT2D eigenvalue weighted by Gasteiger charge is 2.09. The minimum absolute atomic E-state index is 0.225. The lowest BCUT2D eigenvalue weighted by Gasteiger charge is -2.00. The minimum atomic E-state index is 0.225. The Kier molecular flexibility index (Phi) is 3.53. The van der Waals surface area contributed by atoms with Crippen LogP contribution in [0.2, 0.25) is 5.02 Å². The van der Waals surface area contributed by atoms with Gasteiger partial charge in [0.15, 0.2) is 5.82 Å². The van der Waals surface area contributed by atoms with Gasteiger partial charge in [-0.3, -0.25) is 0 Å². The molecule has 2 aromatic heterocycles. The lowest BCUT2D eigenvalue weighted by molar-refractivity contribution is 0.361. The van der Waals surface area contributed by atoms with Crippen molar-refractivity contribution in [1.82, 2.24) is 20.1 Å². The largest absolute Gasteiger partial charge is 0.347 e. The van der Waals surface area contributed by atoms with Gasteiger partial charge in [-0.2, -0.15) is 4.98 Å². The molecule has 0 fully saturated rings. The van der Waals surface area contributed by atoms with Crippen molar-refractivity contribution in [2.24, 2.45) is 0 Å². The summed E-state index contributed by atoms with van der Waals surface area (Å²) >= 11 is 5.67. The summed E-state index contributed by atoms with van der Waals surface area (Å²) in [4.78, 5) is 12.2. The van der Waals surface area contributed by atoms with E-state index >= 15 is 0 Å². The predicted molar refractivity (Wildman–Crippen MR) is 62.8 cm³/mol. The second-order valence-electron chi connectivity index (χ2n) is 3.78. The molecule has 2 rings (SSSR count). The van der Waals surface area contributed by atoms with Crippen LogP contribution in [0, 0.1) is 0 Å². The average Bonchev–Trinajstić information content (AvgIpc) is 2.77. The Balaban J connectivity index is 1.95. The Labute approximate surface area is 103 Å². The van der Waals surface area contributed by atoms with Crippen molar-refractivity contribution in [3.05, 3.63) is 29.1 Å². The first-order chi connectivity index (χ1) is 8.15. The van der Waals surface area contributed by atoms with Gasteiger partial charge in [-0.1, -0.05) is 30.6 Å². The van der Waals surface area contributed by atoms with Crippen LogP contribution in [0.4, 0.5) is 5.95 Å². The molecule has 0 aliphatic carbocycles. The monoisotopic (exact) mass is 253 g/mol. The zero-order chi connectivity index (χ0) is 12.3. The van der Waals surface area contributed by atoms with Crippen molar-refractivity contribution in [1.29, 1.82) is 0 Å². The molecule has 7 heteroatoms. The molecule has 17 heavy (non-hydrogen) atoms. The normalized spacial score (nSPS) is 10.8. The number of anilines is 1. The topological polar surface area (TPSA) is 76.7 Å². The summed E-state index contributed by atoms with van der Waals surface area (Å²) < 4.78 is 5.07. The lowest BCUT2D eigenvalue weighted by Crippen LogP contribution is -2.04. The van der Waals surface area contributed by atoms with E-state index in [4.69, 9.17) is 16.1 Å². The van der Waals surface area contributed by atoms with E-state index in [0.717, 1.165) is 0 Å². The molecule has 0 aromatic carbocycles. The summed E-state index contributed by atoms with van der Waals surface area (Å²) in [5.41, 5.74) is 0. The van der Waals surface area contributed by atoms with Crippen LogP contribution in [-0.4, -0.2) is 20.1 Å². The second-order valence-corrected chi connectivity index (χ2v) is 4.22. The zero-order valence-electron chi connectivity index (χ0n) is 9.51. The minimum Gasteiger partial charge on any atom is -0.347 e. The van der Waals surface area contributed by atoms with Crippen molar-refractivity contribution >= 4 is 17.5 Å². The van der Waals surface area contributed by atoms with Crippen LogP contribution in [0.25, 0.3) is 0 Å². The molecule has 0 amide bonds. The molecule has 1 N–H and O–H groups in total. The molecule has 0 atom stereocenters. The van der Waals surface area contributed by atoms with E-state index in [-0.39, 0.29) is 5.92 Å². The first kappa shape index (κ1) is 11.8. The summed E-state index contributed by atoms with van der Waals surface area (Å²) in [6.45, 7) is 4.40. The first-order valence-corrected chi connectivity index (χ1v) is 5.57. The summed E-state index contributed by atoms with van der Waals surface area (Å²) in [6, 6.07) is 0. The van der Waals surface area contributed by atoms with Gasteiger partial charge in [-0.25, -0.2) is 9.97 Å². The Morgan fingerprint density at radius 2 is 2.06 bits per heavy atom. The Hall–Kier alpha value is -1.69. The van der Waals surface area contributed by atoms with Gasteiger partial charge in [0.2, 0.25) is 11.8 Å². The number of hydrogen-bond acceptors (Lipinski definition) is 6. The number of aromatic nitrogens is 4. The van der Waals surface area contributed by atoms with Crippen LogP contribution in [0.3, 0.4) is 0 Å². The highest BCUT2D eigenvalue weighted by Crippen LogP contribution is 2.11. The van der Waals surface area contributed by atoms with Crippen molar-refractivity contribution in [3.63, 3.8) is 0 Å². The molecule has 0 saturated carbocycles. The molecule has 2 heterocycles. The number of rotatable bonds is 4. The summed E-state index contributed by atoms with van der Waals surface area (Å²) in [5, 5.41) is 7.31. The van der Waals surface area contributed by atoms with E-state index in [2.05, 4.69) is 25.4 Å². The fourth-order valence-corrected chi connectivity index (χ4v) is 1.23. The molecule has 0 spiro atoms. The smallest absolute Gasteiger partial charge is 0.229 e. The standard InChI is InChI=1S/C10H12ClN5O/c1-6(2)9-15-8(16-17-9)5-14-10-12-3-7(11)4-13-10/h3-4,6H,5H2,1-2H3,(H,12,13,14). The van der Waals surface area contributed by atoms with Crippen LogP contribution in [0.1, 0.15) is 31.5 Å².